The highest BCUT2D eigenvalue weighted by molar-refractivity contribution is 5.63. The zero-order valence-corrected chi connectivity index (χ0v) is 12.4. The van der Waals surface area contributed by atoms with Crippen molar-refractivity contribution in [3.63, 3.8) is 0 Å². The fourth-order valence-electron chi connectivity index (χ4n) is 1.50. The lowest BCUT2D eigenvalue weighted by Crippen LogP contribution is -2.08. The van der Waals surface area contributed by atoms with Gasteiger partial charge in [-0.3, -0.25) is 4.79 Å². The number of rotatable bonds is 3. The maximum Gasteiger partial charge on any atom is 0.300 e. The van der Waals surface area contributed by atoms with E-state index in [1.54, 1.807) is 0 Å². The van der Waals surface area contributed by atoms with E-state index in [1.165, 1.54) is 0 Å². The van der Waals surface area contributed by atoms with E-state index in [0.717, 1.165) is 29.8 Å². The van der Waals surface area contributed by atoms with Gasteiger partial charge in [-0.2, -0.15) is 0 Å². The van der Waals surface area contributed by atoms with Gasteiger partial charge in [-0.25, -0.2) is 0 Å². The van der Waals surface area contributed by atoms with Crippen molar-refractivity contribution in [2.24, 2.45) is 0 Å². The summed E-state index contributed by atoms with van der Waals surface area (Å²) in [4.78, 5) is 11.0. The van der Waals surface area contributed by atoms with Crippen LogP contribution in [0.15, 0.2) is 48.5 Å². The number of nitrogens with two attached hydrogens (primary N) is 1. The summed E-state index contributed by atoms with van der Waals surface area (Å²) in [6.07, 6.45) is 0. The number of nitrogens with zero attached hydrogens (tertiary/aromatic N) is 1. The topological polar surface area (TPSA) is 75.8 Å². The molecule has 2 aromatic carbocycles. The molecule has 0 aliphatic rings. The quantitative estimate of drug-likeness (QED) is 0.848. The van der Waals surface area contributed by atoms with Crippen LogP contribution in [0.4, 0.5) is 11.4 Å². The van der Waals surface area contributed by atoms with Crippen LogP contribution in [-0.2, 0) is 4.79 Å². The Bertz CT molecular complexity index is 576. The van der Waals surface area contributed by atoms with Crippen molar-refractivity contribution in [3.8, 4) is 11.5 Å². The zero-order chi connectivity index (χ0) is 15.8. The molecule has 0 saturated carbocycles. The second kappa shape index (κ2) is 7.79. The van der Waals surface area contributed by atoms with Gasteiger partial charge in [-0.1, -0.05) is 6.07 Å². The molecule has 0 unspecified atom stereocenters. The van der Waals surface area contributed by atoms with Gasteiger partial charge in [0.2, 0.25) is 0 Å². The minimum absolute atomic E-state index is 0.736. The van der Waals surface area contributed by atoms with E-state index in [2.05, 4.69) is 0 Å². The van der Waals surface area contributed by atoms with Gasteiger partial charge >= 0.3 is 0 Å². The average molecular weight is 288 g/mol. The van der Waals surface area contributed by atoms with Gasteiger partial charge in [0.15, 0.2) is 0 Å². The Morgan fingerprint density at radius 1 is 1.10 bits per heavy atom. The molecular weight excluding hydrogens is 268 g/mol. The number of carboxylic acids is 1. The van der Waals surface area contributed by atoms with Crippen LogP contribution < -0.4 is 15.4 Å². The summed E-state index contributed by atoms with van der Waals surface area (Å²) in [6, 6.07) is 15.3. The van der Waals surface area contributed by atoms with E-state index < -0.39 is 5.97 Å². The maximum atomic E-state index is 9.00. The lowest BCUT2D eigenvalue weighted by atomic mass is 10.3. The smallest absolute Gasteiger partial charge is 0.300 e. The molecule has 5 heteroatoms. The average Bonchev–Trinajstić information content (AvgIpc) is 2.41. The highest BCUT2D eigenvalue weighted by Crippen LogP contribution is 2.25. The largest absolute Gasteiger partial charge is 0.481 e. The van der Waals surface area contributed by atoms with E-state index in [-0.39, 0.29) is 0 Å². The summed E-state index contributed by atoms with van der Waals surface area (Å²) in [5.41, 5.74) is 7.47. The number of hydrogen-bond donors (Lipinski definition) is 2. The van der Waals surface area contributed by atoms with Gasteiger partial charge in [0.25, 0.3) is 5.97 Å². The number of carboxylic acid groups (broad SMARTS) is 1. The third-order valence-electron chi connectivity index (χ3n) is 2.45. The molecule has 0 heterocycles. The molecule has 0 radical (unpaired) electrons. The summed E-state index contributed by atoms with van der Waals surface area (Å²) in [5, 5.41) is 7.42. The van der Waals surface area contributed by atoms with Gasteiger partial charge in [0, 0.05) is 38.5 Å². The second-order valence-corrected chi connectivity index (χ2v) is 4.58. The van der Waals surface area contributed by atoms with E-state index in [0.29, 0.717) is 0 Å². The third kappa shape index (κ3) is 6.33. The monoisotopic (exact) mass is 288 g/mol. The number of benzene rings is 2. The van der Waals surface area contributed by atoms with Gasteiger partial charge in [-0.05, 0) is 36.4 Å². The molecule has 21 heavy (non-hydrogen) atoms. The number of carbonyl (C=O) groups is 1. The first-order valence-corrected chi connectivity index (χ1v) is 6.39. The summed E-state index contributed by atoms with van der Waals surface area (Å²) in [7, 11) is 4.00. The predicted octanol–water partition coefficient (Wildman–Crippen LogP) is 3.22. The molecule has 0 aliphatic heterocycles. The molecular formula is C16H20N2O3. The summed E-state index contributed by atoms with van der Waals surface area (Å²) in [6.45, 7) is 1.08. The first-order valence-electron chi connectivity index (χ1n) is 6.39. The molecule has 0 amide bonds. The number of nitrogen functional groups attached to an aromatic ring is 1. The summed E-state index contributed by atoms with van der Waals surface area (Å²) >= 11 is 0. The molecule has 2 rings (SSSR count). The molecule has 112 valence electrons. The number of anilines is 2. The van der Waals surface area contributed by atoms with E-state index in [9.17, 15) is 0 Å². The second-order valence-electron chi connectivity index (χ2n) is 4.58. The normalized spacial score (nSPS) is 9.29. The fourth-order valence-corrected chi connectivity index (χ4v) is 1.50. The molecule has 5 nitrogen and oxygen atoms in total. The van der Waals surface area contributed by atoms with Crippen molar-refractivity contribution in [3.05, 3.63) is 48.5 Å². The minimum Gasteiger partial charge on any atom is -0.481 e. The lowest BCUT2D eigenvalue weighted by molar-refractivity contribution is -0.134. The summed E-state index contributed by atoms with van der Waals surface area (Å²) in [5.74, 6) is 0.774. The molecule has 0 saturated heterocycles. The Balaban J connectivity index is 0.000000491. The zero-order valence-electron chi connectivity index (χ0n) is 12.4. The molecule has 2 aromatic rings. The Kier molecular flexibility index (Phi) is 6.07. The van der Waals surface area contributed by atoms with Gasteiger partial charge < -0.3 is 20.5 Å². The first-order chi connectivity index (χ1) is 9.88. The van der Waals surface area contributed by atoms with Gasteiger partial charge in [0.05, 0.1) is 0 Å². The highest BCUT2D eigenvalue weighted by atomic mass is 16.5. The highest BCUT2D eigenvalue weighted by Gasteiger charge is 2.00. The van der Waals surface area contributed by atoms with Crippen LogP contribution in [0.1, 0.15) is 6.92 Å². The van der Waals surface area contributed by atoms with Crippen LogP contribution in [0.5, 0.6) is 11.5 Å². The van der Waals surface area contributed by atoms with E-state index >= 15 is 0 Å². The standard InChI is InChI=1S/C14H16N2O.C2H4O2/c1-16(2)12-4-3-5-14(10-12)17-13-8-6-11(15)7-9-13;1-2(3)4/h3-10H,15H2,1-2H3;1H3,(H,3,4). The van der Waals surface area contributed by atoms with Crippen molar-refractivity contribution in [2.75, 3.05) is 24.7 Å². The Hall–Kier alpha value is -2.69. The summed E-state index contributed by atoms with van der Waals surface area (Å²) < 4.78 is 5.74. The van der Waals surface area contributed by atoms with Crippen LogP contribution in [0, 0.1) is 0 Å². The van der Waals surface area contributed by atoms with Crippen LogP contribution in [0.3, 0.4) is 0 Å². The van der Waals surface area contributed by atoms with Crippen molar-refractivity contribution in [1.29, 1.82) is 0 Å². The van der Waals surface area contributed by atoms with Crippen molar-refractivity contribution in [2.45, 2.75) is 6.92 Å². The predicted molar refractivity (Wildman–Crippen MR) is 85.0 cm³/mol. The maximum absolute atomic E-state index is 9.00. The lowest BCUT2D eigenvalue weighted by Gasteiger charge is -2.14. The van der Waals surface area contributed by atoms with Crippen LogP contribution in [0.25, 0.3) is 0 Å². The third-order valence-corrected chi connectivity index (χ3v) is 2.45. The molecule has 0 aromatic heterocycles. The van der Waals surface area contributed by atoms with Crippen molar-refractivity contribution >= 4 is 17.3 Å². The van der Waals surface area contributed by atoms with Crippen molar-refractivity contribution < 1.29 is 14.6 Å². The van der Waals surface area contributed by atoms with E-state index in [1.807, 2.05) is 67.5 Å². The number of aliphatic carboxylic acids is 1. The molecule has 3 N–H and O–H groups in total. The van der Waals surface area contributed by atoms with Crippen LogP contribution >= 0.6 is 0 Å². The Labute approximate surface area is 124 Å². The van der Waals surface area contributed by atoms with Gasteiger partial charge in [0.1, 0.15) is 11.5 Å². The molecule has 0 spiro atoms. The molecule has 0 aliphatic carbocycles. The Morgan fingerprint density at radius 2 is 1.67 bits per heavy atom. The Morgan fingerprint density at radius 3 is 2.19 bits per heavy atom. The molecule has 0 atom stereocenters. The SMILES string of the molecule is CC(=O)O.CN(C)c1cccc(Oc2ccc(N)cc2)c1. The minimum atomic E-state index is -0.833. The number of ether oxygens (including phenoxy) is 1. The number of hydrogen-bond acceptors (Lipinski definition) is 4. The molecule has 0 fully saturated rings. The van der Waals surface area contributed by atoms with Crippen LogP contribution in [-0.4, -0.2) is 25.2 Å². The first kappa shape index (κ1) is 16.4. The van der Waals surface area contributed by atoms with E-state index in [4.69, 9.17) is 20.4 Å². The molecule has 0 bridgehead atoms. The van der Waals surface area contributed by atoms with Crippen LogP contribution in [0.2, 0.25) is 0 Å². The fraction of sp³-hybridized carbons (Fsp3) is 0.188. The van der Waals surface area contributed by atoms with Gasteiger partial charge in [-0.15, -0.1) is 0 Å². The van der Waals surface area contributed by atoms with Crippen molar-refractivity contribution in [1.82, 2.24) is 0 Å².